The summed E-state index contributed by atoms with van der Waals surface area (Å²) in [6.07, 6.45) is 0.430. The van der Waals surface area contributed by atoms with Crippen LogP contribution in [0.3, 0.4) is 0 Å². The Labute approximate surface area is 125 Å². The van der Waals surface area contributed by atoms with Gasteiger partial charge in [-0.3, -0.25) is 0 Å². The van der Waals surface area contributed by atoms with Crippen molar-refractivity contribution in [3.63, 3.8) is 0 Å². The molecule has 1 atom stereocenters. The van der Waals surface area contributed by atoms with Crippen LogP contribution in [-0.2, 0) is 6.42 Å². The summed E-state index contributed by atoms with van der Waals surface area (Å²) >= 11 is 0. The van der Waals surface area contributed by atoms with Crippen LogP contribution in [0.4, 0.5) is 10.1 Å². The second kappa shape index (κ2) is 7.23. The zero-order chi connectivity index (χ0) is 15.2. The predicted molar refractivity (Wildman–Crippen MR) is 84.8 cm³/mol. The second-order valence-corrected chi connectivity index (χ2v) is 5.75. The van der Waals surface area contributed by atoms with Crippen LogP contribution in [0.1, 0.15) is 31.1 Å². The molecule has 2 aromatic rings. The highest BCUT2D eigenvalue weighted by Gasteiger charge is 2.08. The lowest BCUT2D eigenvalue weighted by molar-refractivity contribution is 0.191. The average Bonchev–Trinajstić information content (AvgIpc) is 2.45. The van der Waals surface area contributed by atoms with Gasteiger partial charge >= 0.3 is 0 Å². The summed E-state index contributed by atoms with van der Waals surface area (Å²) in [5.41, 5.74) is 2.82. The van der Waals surface area contributed by atoms with Gasteiger partial charge in [-0.2, -0.15) is 0 Å². The summed E-state index contributed by atoms with van der Waals surface area (Å²) in [7, 11) is 0. The van der Waals surface area contributed by atoms with Crippen LogP contribution in [0.15, 0.2) is 48.5 Å². The van der Waals surface area contributed by atoms with Crippen LogP contribution in [0.5, 0.6) is 0 Å². The van der Waals surface area contributed by atoms with E-state index in [1.54, 1.807) is 12.1 Å². The number of aliphatic hydroxyl groups is 1. The van der Waals surface area contributed by atoms with Crippen LogP contribution in [-0.4, -0.2) is 11.7 Å². The molecule has 0 spiro atoms. The Hall–Kier alpha value is -1.87. The molecule has 0 aromatic heterocycles. The molecule has 0 amide bonds. The van der Waals surface area contributed by atoms with Crippen molar-refractivity contribution >= 4 is 5.69 Å². The van der Waals surface area contributed by atoms with Crippen LogP contribution in [0, 0.1) is 11.7 Å². The van der Waals surface area contributed by atoms with Crippen molar-refractivity contribution in [2.75, 3.05) is 11.9 Å². The van der Waals surface area contributed by atoms with Crippen molar-refractivity contribution in [3.05, 3.63) is 65.5 Å². The molecule has 0 aliphatic heterocycles. The summed E-state index contributed by atoms with van der Waals surface area (Å²) in [4.78, 5) is 0. The first-order valence-electron chi connectivity index (χ1n) is 7.31. The molecular weight excluding hydrogens is 265 g/mol. The molecule has 2 aromatic carbocycles. The highest BCUT2D eigenvalue weighted by Crippen LogP contribution is 2.17. The first kappa shape index (κ1) is 15.5. The number of hydrogen-bond donors (Lipinski definition) is 2. The minimum Gasteiger partial charge on any atom is -0.387 e. The first-order chi connectivity index (χ1) is 10.0. The van der Waals surface area contributed by atoms with Gasteiger partial charge in [0.1, 0.15) is 5.82 Å². The molecule has 0 saturated heterocycles. The van der Waals surface area contributed by atoms with Gasteiger partial charge in [-0.25, -0.2) is 4.39 Å². The zero-order valence-electron chi connectivity index (χ0n) is 12.5. The van der Waals surface area contributed by atoms with Crippen molar-refractivity contribution < 1.29 is 9.50 Å². The number of benzene rings is 2. The molecular formula is C18H22FNO. The Morgan fingerprint density at radius 1 is 1.10 bits per heavy atom. The maximum absolute atomic E-state index is 13.1. The van der Waals surface area contributed by atoms with E-state index in [0.29, 0.717) is 18.2 Å². The quantitative estimate of drug-likeness (QED) is 0.835. The van der Waals surface area contributed by atoms with E-state index in [1.165, 1.54) is 17.7 Å². The van der Waals surface area contributed by atoms with Gasteiger partial charge in [-0.1, -0.05) is 44.2 Å². The third-order valence-electron chi connectivity index (χ3n) is 3.33. The molecule has 2 N–H and O–H groups in total. The van der Waals surface area contributed by atoms with Gasteiger partial charge in [0.05, 0.1) is 6.10 Å². The highest BCUT2D eigenvalue weighted by atomic mass is 19.1. The minimum atomic E-state index is -0.610. The molecule has 2 nitrogen and oxygen atoms in total. The van der Waals surface area contributed by atoms with Crippen LogP contribution >= 0.6 is 0 Å². The number of aliphatic hydroxyl groups excluding tert-OH is 1. The molecule has 3 heteroatoms. The van der Waals surface area contributed by atoms with Gasteiger partial charge in [-0.05, 0) is 41.7 Å². The molecule has 21 heavy (non-hydrogen) atoms. The smallest absolute Gasteiger partial charge is 0.125 e. The lowest BCUT2D eigenvalue weighted by atomic mass is 10.0. The molecule has 0 heterocycles. The zero-order valence-corrected chi connectivity index (χ0v) is 12.5. The summed E-state index contributed by atoms with van der Waals surface area (Å²) in [6.45, 7) is 4.73. The van der Waals surface area contributed by atoms with Crippen molar-refractivity contribution in [3.8, 4) is 0 Å². The van der Waals surface area contributed by atoms with Gasteiger partial charge in [-0.15, -0.1) is 0 Å². The fourth-order valence-corrected chi connectivity index (χ4v) is 2.28. The molecule has 0 radical (unpaired) electrons. The van der Waals surface area contributed by atoms with Crippen LogP contribution in [0.2, 0.25) is 0 Å². The molecule has 112 valence electrons. The molecule has 1 unspecified atom stereocenters. The summed E-state index contributed by atoms with van der Waals surface area (Å²) in [5.74, 6) is 0.336. The Bertz CT molecular complexity index is 566. The van der Waals surface area contributed by atoms with Gasteiger partial charge in [0.2, 0.25) is 0 Å². The molecule has 0 aliphatic carbocycles. The maximum Gasteiger partial charge on any atom is 0.125 e. The highest BCUT2D eigenvalue weighted by molar-refractivity contribution is 5.43. The number of rotatable bonds is 6. The molecule has 2 rings (SSSR count). The monoisotopic (exact) mass is 287 g/mol. The molecule has 0 aliphatic rings. The Kier molecular flexibility index (Phi) is 5.34. The lowest BCUT2D eigenvalue weighted by Gasteiger charge is -2.14. The van der Waals surface area contributed by atoms with E-state index in [-0.39, 0.29) is 5.82 Å². The Balaban J connectivity index is 1.92. The largest absolute Gasteiger partial charge is 0.387 e. The van der Waals surface area contributed by atoms with Gasteiger partial charge in [0.25, 0.3) is 0 Å². The van der Waals surface area contributed by atoms with Gasteiger partial charge < -0.3 is 10.4 Å². The second-order valence-electron chi connectivity index (χ2n) is 5.75. The fourth-order valence-electron chi connectivity index (χ4n) is 2.28. The fraction of sp³-hybridized carbons (Fsp3) is 0.333. The number of nitrogens with one attached hydrogen (secondary N) is 1. The summed E-state index contributed by atoms with van der Waals surface area (Å²) < 4.78 is 13.1. The van der Waals surface area contributed by atoms with E-state index >= 15 is 0 Å². The van der Waals surface area contributed by atoms with E-state index in [0.717, 1.165) is 12.0 Å². The normalized spacial score (nSPS) is 12.4. The maximum atomic E-state index is 13.1. The van der Waals surface area contributed by atoms with Crippen molar-refractivity contribution in [2.45, 2.75) is 26.4 Å². The van der Waals surface area contributed by atoms with E-state index < -0.39 is 6.10 Å². The van der Waals surface area contributed by atoms with Crippen molar-refractivity contribution in [1.82, 2.24) is 0 Å². The number of halogens is 1. The van der Waals surface area contributed by atoms with E-state index in [9.17, 15) is 9.50 Å². The van der Waals surface area contributed by atoms with E-state index in [1.807, 2.05) is 12.1 Å². The average molecular weight is 287 g/mol. The SMILES string of the molecule is CC(C)Cc1ccc(C(O)CNc2cccc(F)c2)cc1. The molecule has 0 saturated carbocycles. The van der Waals surface area contributed by atoms with E-state index in [2.05, 4.69) is 31.3 Å². The standard InChI is InChI=1S/C18H22FNO/c1-13(2)10-14-6-8-15(9-7-14)18(21)12-20-17-5-3-4-16(19)11-17/h3-9,11,13,18,20-21H,10,12H2,1-2H3. The Morgan fingerprint density at radius 2 is 1.81 bits per heavy atom. The Morgan fingerprint density at radius 3 is 2.43 bits per heavy atom. The van der Waals surface area contributed by atoms with Gasteiger partial charge in [0.15, 0.2) is 0 Å². The lowest BCUT2D eigenvalue weighted by Crippen LogP contribution is -2.12. The molecule has 0 bridgehead atoms. The third-order valence-corrected chi connectivity index (χ3v) is 3.33. The van der Waals surface area contributed by atoms with Crippen molar-refractivity contribution in [1.29, 1.82) is 0 Å². The number of anilines is 1. The number of hydrogen-bond acceptors (Lipinski definition) is 2. The predicted octanol–water partition coefficient (Wildman–Crippen LogP) is 4.17. The molecule has 0 fully saturated rings. The van der Waals surface area contributed by atoms with Gasteiger partial charge in [0, 0.05) is 12.2 Å². The minimum absolute atomic E-state index is 0.285. The first-order valence-corrected chi connectivity index (χ1v) is 7.31. The van der Waals surface area contributed by atoms with E-state index in [4.69, 9.17) is 0 Å². The third kappa shape index (κ3) is 4.87. The topological polar surface area (TPSA) is 32.3 Å². The summed E-state index contributed by atoms with van der Waals surface area (Å²) in [6, 6.07) is 14.3. The van der Waals surface area contributed by atoms with Crippen molar-refractivity contribution in [2.24, 2.45) is 5.92 Å². The van der Waals surface area contributed by atoms with Crippen LogP contribution in [0.25, 0.3) is 0 Å². The summed E-state index contributed by atoms with van der Waals surface area (Å²) in [5, 5.41) is 13.2. The van der Waals surface area contributed by atoms with Crippen LogP contribution < -0.4 is 5.32 Å².